The SMILES string of the molecule is Cc1cccc(CN(C(=O)Cc2ccccc2C)[C@H](Cc2ccccc2)C(=O)NC2CCCCC2)c1. The van der Waals surface area contributed by atoms with Gasteiger partial charge >= 0.3 is 0 Å². The lowest BCUT2D eigenvalue weighted by atomic mass is 9.94. The lowest BCUT2D eigenvalue weighted by Gasteiger charge is -2.33. The van der Waals surface area contributed by atoms with Crippen LogP contribution in [-0.4, -0.2) is 28.8 Å². The molecule has 4 rings (SSSR count). The van der Waals surface area contributed by atoms with Crippen LogP contribution in [0.15, 0.2) is 78.9 Å². The van der Waals surface area contributed by atoms with E-state index in [0.29, 0.717) is 13.0 Å². The van der Waals surface area contributed by atoms with Crippen LogP contribution in [-0.2, 0) is 29.0 Å². The minimum atomic E-state index is -0.577. The molecule has 1 aliphatic rings. The summed E-state index contributed by atoms with van der Waals surface area (Å²) in [5, 5.41) is 3.31. The van der Waals surface area contributed by atoms with Gasteiger partial charge in [0.2, 0.25) is 11.8 Å². The van der Waals surface area contributed by atoms with Crippen LogP contribution in [0.3, 0.4) is 0 Å². The van der Waals surface area contributed by atoms with Gasteiger partial charge in [-0.2, -0.15) is 0 Å². The first-order chi connectivity index (χ1) is 17.5. The standard InChI is InChI=1S/C32H38N2O2/c1-24-12-11-16-27(20-24)23-34(31(35)22-28-17-10-9-13-25(28)2)30(21-26-14-5-3-6-15-26)32(36)33-29-18-7-4-8-19-29/h3,5-6,9-17,20,29-30H,4,7-8,18-19,21-23H2,1-2H3,(H,33,36)/t30-/m1/s1. The number of nitrogens with one attached hydrogen (secondary N) is 1. The fraction of sp³-hybridized carbons (Fsp3) is 0.375. The van der Waals surface area contributed by atoms with Crippen LogP contribution in [0.4, 0.5) is 0 Å². The van der Waals surface area contributed by atoms with Crippen molar-refractivity contribution in [1.82, 2.24) is 10.2 Å². The van der Waals surface area contributed by atoms with Crippen LogP contribution in [0.5, 0.6) is 0 Å². The molecule has 0 spiro atoms. The minimum absolute atomic E-state index is 0.0227. The molecule has 1 N–H and O–H groups in total. The van der Waals surface area contributed by atoms with Gasteiger partial charge in [-0.1, -0.05) is 104 Å². The molecule has 4 heteroatoms. The van der Waals surface area contributed by atoms with Crippen LogP contribution in [0, 0.1) is 13.8 Å². The zero-order valence-corrected chi connectivity index (χ0v) is 21.6. The molecule has 0 heterocycles. The third-order valence-corrected chi connectivity index (χ3v) is 7.26. The summed E-state index contributed by atoms with van der Waals surface area (Å²) in [5.74, 6) is -0.0675. The zero-order valence-electron chi connectivity index (χ0n) is 21.6. The number of hydrogen-bond acceptors (Lipinski definition) is 2. The fourth-order valence-corrected chi connectivity index (χ4v) is 5.18. The van der Waals surface area contributed by atoms with E-state index in [1.54, 1.807) is 0 Å². The molecule has 0 saturated heterocycles. The molecule has 3 aromatic rings. The molecular weight excluding hydrogens is 444 g/mol. The maximum absolute atomic E-state index is 13.9. The van der Waals surface area contributed by atoms with Crippen LogP contribution in [0.2, 0.25) is 0 Å². The van der Waals surface area contributed by atoms with E-state index in [2.05, 4.69) is 24.4 Å². The normalized spacial score (nSPS) is 14.7. The molecule has 36 heavy (non-hydrogen) atoms. The largest absolute Gasteiger partial charge is 0.352 e. The van der Waals surface area contributed by atoms with Crippen LogP contribution < -0.4 is 5.32 Å². The van der Waals surface area contributed by atoms with Gasteiger partial charge in [0.05, 0.1) is 6.42 Å². The molecule has 1 fully saturated rings. The topological polar surface area (TPSA) is 49.4 Å². The van der Waals surface area contributed by atoms with Crippen molar-refractivity contribution in [1.29, 1.82) is 0 Å². The number of amides is 2. The van der Waals surface area contributed by atoms with Crippen LogP contribution in [0.1, 0.15) is 59.9 Å². The molecule has 0 aliphatic heterocycles. The molecule has 0 bridgehead atoms. The van der Waals surface area contributed by atoms with Gasteiger partial charge in [-0.25, -0.2) is 0 Å². The predicted molar refractivity (Wildman–Crippen MR) is 146 cm³/mol. The van der Waals surface area contributed by atoms with E-state index in [9.17, 15) is 9.59 Å². The Morgan fingerprint density at radius 3 is 2.28 bits per heavy atom. The number of hydrogen-bond donors (Lipinski definition) is 1. The molecule has 3 aromatic carbocycles. The first-order valence-electron chi connectivity index (χ1n) is 13.2. The van der Waals surface area contributed by atoms with E-state index < -0.39 is 6.04 Å². The Balaban J connectivity index is 1.66. The van der Waals surface area contributed by atoms with Crippen LogP contribution in [0.25, 0.3) is 0 Å². The van der Waals surface area contributed by atoms with Crippen molar-refractivity contribution in [3.8, 4) is 0 Å². The van der Waals surface area contributed by atoms with Crippen molar-refractivity contribution >= 4 is 11.8 Å². The van der Waals surface area contributed by atoms with E-state index in [0.717, 1.165) is 53.5 Å². The number of benzene rings is 3. The van der Waals surface area contributed by atoms with Gasteiger partial charge in [0.25, 0.3) is 0 Å². The van der Waals surface area contributed by atoms with E-state index >= 15 is 0 Å². The molecule has 4 nitrogen and oxygen atoms in total. The molecule has 0 radical (unpaired) electrons. The second-order valence-corrected chi connectivity index (χ2v) is 10.2. The first kappa shape index (κ1) is 25.7. The predicted octanol–water partition coefficient (Wildman–Crippen LogP) is 5.93. The van der Waals surface area contributed by atoms with E-state index in [-0.39, 0.29) is 24.3 Å². The van der Waals surface area contributed by atoms with Crippen molar-refractivity contribution in [2.75, 3.05) is 0 Å². The second-order valence-electron chi connectivity index (χ2n) is 10.2. The number of aryl methyl sites for hydroxylation is 2. The van der Waals surface area contributed by atoms with Gasteiger partial charge in [0.15, 0.2) is 0 Å². The summed E-state index contributed by atoms with van der Waals surface area (Å²) in [7, 11) is 0. The monoisotopic (exact) mass is 482 g/mol. The number of carbonyl (C=O) groups excluding carboxylic acids is 2. The van der Waals surface area contributed by atoms with E-state index in [4.69, 9.17) is 0 Å². The van der Waals surface area contributed by atoms with Gasteiger partial charge in [0, 0.05) is 19.0 Å². The number of carbonyl (C=O) groups is 2. The molecule has 2 amide bonds. The molecular formula is C32H38N2O2. The van der Waals surface area contributed by atoms with E-state index in [1.807, 2.05) is 78.6 Å². The summed E-state index contributed by atoms with van der Waals surface area (Å²) in [6.07, 6.45) is 6.32. The zero-order chi connectivity index (χ0) is 25.3. The fourth-order valence-electron chi connectivity index (χ4n) is 5.18. The lowest BCUT2D eigenvalue weighted by Crippen LogP contribution is -2.53. The smallest absolute Gasteiger partial charge is 0.243 e. The highest BCUT2D eigenvalue weighted by Crippen LogP contribution is 2.21. The highest BCUT2D eigenvalue weighted by Gasteiger charge is 2.32. The van der Waals surface area contributed by atoms with Crippen molar-refractivity contribution in [2.24, 2.45) is 0 Å². The number of rotatable bonds is 9. The summed E-state index contributed by atoms with van der Waals surface area (Å²) in [4.78, 5) is 29.6. The average Bonchev–Trinajstić information content (AvgIpc) is 2.88. The van der Waals surface area contributed by atoms with Crippen molar-refractivity contribution in [3.05, 3.63) is 107 Å². The maximum Gasteiger partial charge on any atom is 0.243 e. The summed E-state index contributed by atoms with van der Waals surface area (Å²) in [6.45, 7) is 4.49. The Labute approximate surface area is 215 Å². The van der Waals surface area contributed by atoms with Gasteiger partial charge < -0.3 is 10.2 Å². The molecule has 0 aromatic heterocycles. The Kier molecular flexibility index (Phi) is 8.94. The highest BCUT2D eigenvalue weighted by molar-refractivity contribution is 5.89. The summed E-state index contributed by atoms with van der Waals surface area (Å²) in [6, 6.07) is 25.9. The Morgan fingerprint density at radius 1 is 0.861 bits per heavy atom. The minimum Gasteiger partial charge on any atom is -0.352 e. The van der Waals surface area contributed by atoms with E-state index in [1.165, 1.54) is 6.42 Å². The highest BCUT2D eigenvalue weighted by atomic mass is 16.2. The van der Waals surface area contributed by atoms with Gasteiger partial charge in [-0.3, -0.25) is 9.59 Å². The van der Waals surface area contributed by atoms with Gasteiger partial charge in [-0.15, -0.1) is 0 Å². The maximum atomic E-state index is 13.9. The first-order valence-corrected chi connectivity index (χ1v) is 13.2. The molecule has 0 unspecified atom stereocenters. The molecule has 1 atom stereocenters. The van der Waals surface area contributed by atoms with Crippen molar-refractivity contribution in [2.45, 2.75) is 77.4 Å². The third-order valence-electron chi connectivity index (χ3n) is 7.26. The quantitative estimate of drug-likeness (QED) is 0.411. The van der Waals surface area contributed by atoms with Gasteiger partial charge in [0.1, 0.15) is 6.04 Å². The molecule has 188 valence electrons. The Morgan fingerprint density at radius 2 is 1.56 bits per heavy atom. The van der Waals surface area contributed by atoms with Crippen molar-refractivity contribution in [3.63, 3.8) is 0 Å². The second kappa shape index (κ2) is 12.5. The lowest BCUT2D eigenvalue weighted by molar-refractivity contribution is -0.141. The van der Waals surface area contributed by atoms with Crippen molar-refractivity contribution < 1.29 is 9.59 Å². The summed E-state index contributed by atoms with van der Waals surface area (Å²) >= 11 is 0. The average molecular weight is 483 g/mol. The van der Waals surface area contributed by atoms with Gasteiger partial charge in [-0.05, 0) is 48.9 Å². The third kappa shape index (κ3) is 7.07. The van der Waals surface area contributed by atoms with Crippen LogP contribution >= 0.6 is 0 Å². The number of nitrogens with zero attached hydrogens (tertiary/aromatic N) is 1. The Hall–Kier alpha value is -3.40. The molecule has 1 saturated carbocycles. The summed E-state index contributed by atoms with van der Waals surface area (Å²) in [5.41, 5.74) is 5.33. The molecule has 1 aliphatic carbocycles. The Bertz CT molecular complexity index is 1150. The summed E-state index contributed by atoms with van der Waals surface area (Å²) < 4.78 is 0.